The number of unbranched alkanes of at least 4 members (excludes halogenated alkanes) is 1. The van der Waals surface area contributed by atoms with Gasteiger partial charge in [-0.15, -0.1) is 23.1 Å². The van der Waals surface area contributed by atoms with Crippen molar-refractivity contribution in [2.45, 2.75) is 32.2 Å². The Hall–Kier alpha value is -5.20. The first-order valence-electron chi connectivity index (χ1n) is 16.1. The Balaban J connectivity index is 1.11. The van der Waals surface area contributed by atoms with E-state index in [2.05, 4.69) is 60.1 Å². The molecule has 248 valence electrons. The molecule has 0 fully saturated rings. The topological polar surface area (TPSA) is 118 Å². The predicted molar refractivity (Wildman–Crippen MR) is 202 cm³/mol. The SMILES string of the molecule is CCCCOc1ccc(Nc2nc(Nc3ccc(-c4nc5ccc(C)cc5s4)cc3)nc(NC3N=C(c4ccc(OC)cc4)CS3)n2)cc1. The van der Waals surface area contributed by atoms with Crippen LogP contribution in [0.1, 0.15) is 30.9 Å². The normalized spacial score (nSPS) is 14.0. The summed E-state index contributed by atoms with van der Waals surface area (Å²) < 4.78 is 12.3. The first-order chi connectivity index (χ1) is 24.0. The second-order valence-corrected chi connectivity index (χ2v) is 13.6. The smallest absolute Gasteiger partial charge is 0.233 e. The van der Waals surface area contributed by atoms with Crippen molar-refractivity contribution in [2.24, 2.45) is 4.99 Å². The second-order valence-electron chi connectivity index (χ2n) is 11.5. The van der Waals surface area contributed by atoms with Gasteiger partial charge in [-0.2, -0.15) is 15.0 Å². The molecule has 1 unspecified atom stereocenters. The third-order valence-electron chi connectivity index (χ3n) is 7.77. The van der Waals surface area contributed by atoms with E-state index in [0.717, 1.165) is 68.8 Å². The minimum atomic E-state index is -0.253. The van der Waals surface area contributed by atoms with Gasteiger partial charge in [-0.1, -0.05) is 19.4 Å². The van der Waals surface area contributed by atoms with E-state index in [4.69, 9.17) is 34.4 Å². The summed E-state index contributed by atoms with van der Waals surface area (Å²) in [6.45, 7) is 4.95. The number of rotatable bonds is 13. The summed E-state index contributed by atoms with van der Waals surface area (Å²) in [5.41, 5.74) is 6.77. The molecule has 7 rings (SSSR count). The molecule has 1 atom stereocenters. The fourth-order valence-electron chi connectivity index (χ4n) is 5.13. The third-order valence-corrected chi connectivity index (χ3v) is 9.82. The molecule has 0 saturated heterocycles. The monoisotopic (exact) mass is 688 g/mol. The molecule has 2 aromatic heterocycles. The van der Waals surface area contributed by atoms with Crippen LogP contribution in [-0.2, 0) is 0 Å². The molecular formula is C37H36N8O2S2. The molecule has 12 heteroatoms. The molecule has 1 aliphatic heterocycles. The van der Waals surface area contributed by atoms with Gasteiger partial charge in [0.1, 0.15) is 16.5 Å². The van der Waals surface area contributed by atoms with Gasteiger partial charge in [0.05, 0.1) is 29.6 Å². The van der Waals surface area contributed by atoms with Gasteiger partial charge in [0.25, 0.3) is 0 Å². The summed E-state index contributed by atoms with van der Waals surface area (Å²) >= 11 is 3.37. The molecule has 0 amide bonds. The van der Waals surface area contributed by atoms with Crippen molar-refractivity contribution in [3.8, 4) is 22.1 Å². The summed E-state index contributed by atoms with van der Waals surface area (Å²) in [4.78, 5) is 23.8. The van der Waals surface area contributed by atoms with E-state index in [1.54, 1.807) is 30.2 Å². The molecule has 1 aliphatic rings. The highest BCUT2D eigenvalue weighted by Gasteiger charge is 2.21. The van der Waals surface area contributed by atoms with Crippen molar-refractivity contribution < 1.29 is 9.47 Å². The van der Waals surface area contributed by atoms with Gasteiger partial charge < -0.3 is 25.4 Å². The molecule has 3 heterocycles. The largest absolute Gasteiger partial charge is 0.497 e. The van der Waals surface area contributed by atoms with E-state index in [-0.39, 0.29) is 5.50 Å². The van der Waals surface area contributed by atoms with E-state index in [9.17, 15) is 0 Å². The number of ether oxygens (including phenoxy) is 2. The number of aliphatic imine (C=N–C) groups is 1. The van der Waals surface area contributed by atoms with Crippen molar-refractivity contribution >= 4 is 68.2 Å². The molecule has 0 aliphatic carbocycles. The van der Waals surface area contributed by atoms with Crippen LogP contribution in [0, 0.1) is 6.92 Å². The fourth-order valence-corrected chi connectivity index (χ4v) is 7.15. The number of methoxy groups -OCH3 is 1. The Morgan fingerprint density at radius 3 is 2.10 bits per heavy atom. The number of aromatic nitrogens is 4. The lowest BCUT2D eigenvalue weighted by Crippen LogP contribution is -2.15. The molecule has 0 radical (unpaired) electrons. The first-order valence-corrected chi connectivity index (χ1v) is 18.0. The number of nitrogens with one attached hydrogen (secondary N) is 3. The number of hydrogen-bond donors (Lipinski definition) is 3. The summed E-state index contributed by atoms with van der Waals surface area (Å²) in [5, 5.41) is 11.0. The van der Waals surface area contributed by atoms with E-state index in [1.165, 1.54) is 10.3 Å². The number of fused-ring (bicyclic) bond motifs is 1. The lowest BCUT2D eigenvalue weighted by Gasteiger charge is -2.13. The zero-order valence-corrected chi connectivity index (χ0v) is 29.1. The third kappa shape index (κ3) is 8.10. The highest BCUT2D eigenvalue weighted by Crippen LogP contribution is 2.32. The zero-order chi connectivity index (χ0) is 33.6. The van der Waals surface area contributed by atoms with Crippen molar-refractivity contribution in [2.75, 3.05) is 35.4 Å². The highest BCUT2D eigenvalue weighted by molar-refractivity contribution is 8.01. The summed E-state index contributed by atoms with van der Waals surface area (Å²) in [5.74, 6) is 3.59. The number of anilines is 5. The quantitative estimate of drug-likeness (QED) is 0.101. The Bertz CT molecular complexity index is 2070. The molecule has 4 aromatic carbocycles. The van der Waals surface area contributed by atoms with Crippen LogP contribution in [0.2, 0.25) is 0 Å². The molecule has 0 saturated carbocycles. The summed E-state index contributed by atoms with van der Waals surface area (Å²) in [6, 6.07) is 30.2. The number of nitrogens with zero attached hydrogens (tertiary/aromatic N) is 5. The van der Waals surface area contributed by atoms with Gasteiger partial charge >= 0.3 is 0 Å². The van der Waals surface area contributed by atoms with Crippen LogP contribution in [0.5, 0.6) is 11.5 Å². The number of hydrogen-bond acceptors (Lipinski definition) is 12. The molecule has 0 spiro atoms. The van der Waals surface area contributed by atoms with Crippen LogP contribution in [0.25, 0.3) is 20.8 Å². The number of benzene rings is 4. The van der Waals surface area contributed by atoms with E-state index >= 15 is 0 Å². The van der Waals surface area contributed by atoms with E-state index in [0.29, 0.717) is 24.5 Å². The Morgan fingerprint density at radius 2 is 1.41 bits per heavy atom. The Labute approximate surface area is 293 Å². The highest BCUT2D eigenvalue weighted by atomic mass is 32.2. The van der Waals surface area contributed by atoms with Crippen LogP contribution in [0.3, 0.4) is 0 Å². The summed E-state index contributed by atoms with van der Waals surface area (Å²) in [7, 11) is 1.66. The van der Waals surface area contributed by atoms with Gasteiger partial charge in [-0.05, 0) is 109 Å². The van der Waals surface area contributed by atoms with Gasteiger partial charge in [-0.3, -0.25) is 4.99 Å². The van der Waals surface area contributed by atoms with Crippen LogP contribution in [-0.4, -0.2) is 50.6 Å². The maximum Gasteiger partial charge on any atom is 0.233 e. The van der Waals surface area contributed by atoms with E-state index in [1.807, 2.05) is 60.7 Å². The van der Waals surface area contributed by atoms with Crippen molar-refractivity contribution in [3.63, 3.8) is 0 Å². The van der Waals surface area contributed by atoms with Crippen LogP contribution in [0.4, 0.5) is 29.2 Å². The van der Waals surface area contributed by atoms with Gasteiger partial charge in [0.2, 0.25) is 17.8 Å². The summed E-state index contributed by atoms with van der Waals surface area (Å²) in [6.07, 6.45) is 2.11. The lowest BCUT2D eigenvalue weighted by molar-refractivity contribution is 0.309. The van der Waals surface area contributed by atoms with Crippen molar-refractivity contribution in [3.05, 3.63) is 102 Å². The molecular weight excluding hydrogens is 653 g/mol. The molecule has 0 bridgehead atoms. The molecule has 3 N–H and O–H groups in total. The fraction of sp³-hybridized carbons (Fsp3) is 0.216. The number of aryl methyl sites for hydroxylation is 1. The number of thiazole rings is 1. The number of thioether (sulfide) groups is 1. The molecule has 6 aromatic rings. The minimum Gasteiger partial charge on any atom is -0.497 e. The Kier molecular flexibility index (Phi) is 9.85. The van der Waals surface area contributed by atoms with Crippen molar-refractivity contribution in [1.82, 2.24) is 19.9 Å². The predicted octanol–water partition coefficient (Wildman–Crippen LogP) is 9.06. The van der Waals surface area contributed by atoms with Gasteiger partial charge in [0, 0.05) is 22.7 Å². The maximum absolute atomic E-state index is 5.83. The van der Waals surface area contributed by atoms with Gasteiger partial charge in [0.15, 0.2) is 5.50 Å². The van der Waals surface area contributed by atoms with Crippen molar-refractivity contribution in [1.29, 1.82) is 0 Å². The minimum absolute atomic E-state index is 0.253. The van der Waals surface area contributed by atoms with Gasteiger partial charge in [-0.25, -0.2) is 4.98 Å². The molecule has 49 heavy (non-hydrogen) atoms. The van der Waals surface area contributed by atoms with Crippen LogP contribution in [0.15, 0.2) is 96.0 Å². The van der Waals surface area contributed by atoms with Crippen LogP contribution >= 0.6 is 23.1 Å². The average molecular weight is 689 g/mol. The first kappa shape index (κ1) is 32.4. The molecule has 10 nitrogen and oxygen atoms in total. The lowest BCUT2D eigenvalue weighted by atomic mass is 10.1. The van der Waals surface area contributed by atoms with Crippen LogP contribution < -0.4 is 25.4 Å². The Morgan fingerprint density at radius 1 is 0.755 bits per heavy atom. The second kappa shape index (κ2) is 14.9. The average Bonchev–Trinajstić information content (AvgIpc) is 3.76. The standard InChI is InChI=1S/C37H36N8O2S2/c1-4-5-20-47-29-17-13-27(14-18-29)39-35-42-34(38-26-11-7-25(8-12-26)33-40-30-19-6-23(2)21-32(30)49-33)43-36(44-35)45-37-41-31(22-48-37)24-9-15-28(46-3)16-10-24/h6-19,21,37H,4-5,20,22H2,1-3H3,(H3,38,39,42,43,44,45). The zero-order valence-electron chi connectivity index (χ0n) is 27.4. The maximum atomic E-state index is 5.83. The van der Waals surface area contributed by atoms with E-state index < -0.39 is 0 Å².